The monoisotopic (exact) mass is 285 g/mol. The Bertz CT molecular complexity index is 619. The molecule has 1 atom stereocenters. The van der Waals surface area contributed by atoms with E-state index in [0.717, 1.165) is 24.4 Å². The Morgan fingerprint density at radius 3 is 3.00 bits per heavy atom. The number of benzene rings is 1. The van der Waals surface area contributed by atoms with Crippen LogP contribution >= 0.6 is 0 Å². The van der Waals surface area contributed by atoms with Gasteiger partial charge in [-0.3, -0.25) is 4.79 Å². The molecule has 0 saturated heterocycles. The molecule has 0 saturated carbocycles. The zero-order chi connectivity index (χ0) is 14.7. The molecule has 21 heavy (non-hydrogen) atoms. The fraction of sp³-hybridized carbons (Fsp3) is 0.353. The van der Waals surface area contributed by atoms with Gasteiger partial charge >= 0.3 is 0 Å². The average molecular weight is 285 g/mol. The van der Waals surface area contributed by atoms with Gasteiger partial charge in [0.2, 0.25) is 0 Å². The number of hydrogen-bond acceptors (Lipinski definition) is 3. The third-order valence-corrected chi connectivity index (χ3v) is 3.79. The van der Waals surface area contributed by atoms with Gasteiger partial charge in [0.15, 0.2) is 6.61 Å². The fourth-order valence-electron chi connectivity index (χ4n) is 2.68. The Balaban J connectivity index is 1.52. The van der Waals surface area contributed by atoms with Gasteiger partial charge in [-0.2, -0.15) is 0 Å². The van der Waals surface area contributed by atoms with Crippen LogP contribution < -0.4 is 10.1 Å². The number of hydrogen-bond donors (Lipinski definition) is 1. The highest BCUT2D eigenvalue weighted by molar-refractivity contribution is 5.77. The van der Waals surface area contributed by atoms with Crippen molar-refractivity contribution in [1.82, 2.24) is 5.32 Å². The summed E-state index contributed by atoms with van der Waals surface area (Å²) in [4.78, 5) is 11.9. The van der Waals surface area contributed by atoms with E-state index in [0.29, 0.717) is 0 Å². The lowest BCUT2D eigenvalue weighted by Crippen LogP contribution is -2.31. The normalized spacial score (nSPS) is 14.5. The van der Waals surface area contributed by atoms with Crippen LogP contribution in [0.15, 0.2) is 41.0 Å². The largest absolute Gasteiger partial charge is 0.484 e. The van der Waals surface area contributed by atoms with Gasteiger partial charge in [0.1, 0.15) is 11.5 Å². The first-order chi connectivity index (χ1) is 10.2. The van der Waals surface area contributed by atoms with Gasteiger partial charge in [-0.1, -0.05) is 6.07 Å². The van der Waals surface area contributed by atoms with E-state index >= 15 is 0 Å². The molecule has 1 aliphatic carbocycles. The molecule has 0 aliphatic heterocycles. The number of nitrogens with one attached hydrogen (secondary N) is 1. The van der Waals surface area contributed by atoms with Gasteiger partial charge in [-0.25, -0.2) is 0 Å². The minimum atomic E-state index is -0.156. The summed E-state index contributed by atoms with van der Waals surface area (Å²) in [5.74, 6) is 1.34. The second-order valence-electron chi connectivity index (χ2n) is 5.38. The molecule has 0 bridgehead atoms. The molecule has 4 heteroatoms. The van der Waals surface area contributed by atoms with Gasteiger partial charge in [0.05, 0.1) is 12.3 Å². The molecule has 1 amide bonds. The maximum Gasteiger partial charge on any atom is 0.258 e. The third kappa shape index (κ3) is 3.27. The van der Waals surface area contributed by atoms with E-state index in [-0.39, 0.29) is 18.6 Å². The molecule has 0 fully saturated rings. The first kappa shape index (κ1) is 13.7. The van der Waals surface area contributed by atoms with E-state index in [2.05, 4.69) is 11.4 Å². The van der Waals surface area contributed by atoms with Gasteiger partial charge in [-0.05, 0) is 61.6 Å². The standard InChI is InChI=1S/C17H19NO3/c1-12(16-6-3-9-20-16)18-17(19)11-21-15-8-7-13-4-2-5-14(13)10-15/h3,6-10,12H,2,4-5,11H2,1H3,(H,18,19)/t12-/m1/s1. The van der Waals surface area contributed by atoms with Gasteiger partial charge in [-0.15, -0.1) is 0 Å². The lowest BCUT2D eigenvalue weighted by Gasteiger charge is -2.12. The maximum atomic E-state index is 11.9. The number of ether oxygens (including phenoxy) is 1. The Labute approximate surface area is 124 Å². The molecule has 0 unspecified atom stereocenters. The summed E-state index contributed by atoms with van der Waals surface area (Å²) in [5.41, 5.74) is 2.75. The highest BCUT2D eigenvalue weighted by atomic mass is 16.5. The van der Waals surface area contributed by atoms with E-state index in [4.69, 9.17) is 9.15 Å². The van der Waals surface area contributed by atoms with E-state index in [9.17, 15) is 4.79 Å². The minimum Gasteiger partial charge on any atom is -0.484 e. The molecule has 0 spiro atoms. The van der Waals surface area contributed by atoms with Crippen molar-refractivity contribution in [1.29, 1.82) is 0 Å². The first-order valence-corrected chi connectivity index (χ1v) is 7.30. The smallest absolute Gasteiger partial charge is 0.258 e. The van der Waals surface area contributed by atoms with Crippen LogP contribution in [0.25, 0.3) is 0 Å². The zero-order valence-corrected chi connectivity index (χ0v) is 12.1. The highest BCUT2D eigenvalue weighted by Crippen LogP contribution is 2.25. The van der Waals surface area contributed by atoms with Crippen LogP contribution in [0.1, 0.15) is 36.3 Å². The van der Waals surface area contributed by atoms with E-state index in [1.54, 1.807) is 12.3 Å². The summed E-state index contributed by atoms with van der Waals surface area (Å²) >= 11 is 0. The SMILES string of the molecule is C[C@@H](NC(=O)COc1ccc2c(c1)CCC2)c1ccco1. The number of amides is 1. The summed E-state index contributed by atoms with van der Waals surface area (Å²) in [6, 6.07) is 9.57. The van der Waals surface area contributed by atoms with Crippen LogP contribution in [0.3, 0.4) is 0 Å². The summed E-state index contributed by atoms with van der Waals surface area (Å²) in [6.07, 6.45) is 5.06. The topological polar surface area (TPSA) is 51.5 Å². The number of furan rings is 1. The molecule has 1 aromatic carbocycles. The van der Waals surface area contributed by atoms with E-state index in [1.165, 1.54) is 17.5 Å². The van der Waals surface area contributed by atoms with Crippen molar-refractivity contribution < 1.29 is 13.9 Å². The van der Waals surface area contributed by atoms with Gasteiger partial charge < -0.3 is 14.5 Å². The van der Waals surface area contributed by atoms with Crippen LogP contribution in [-0.2, 0) is 17.6 Å². The maximum absolute atomic E-state index is 11.9. The molecule has 1 N–H and O–H groups in total. The number of fused-ring (bicyclic) bond motifs is 1. The van der Waals surface area contributed by atoms with Crippen LogP contribution in [0.4, 0.5) is 0 Å². The summed E-state index contributed by atoms with van der Waals surface area (Å²) in [6.45, 7) is 1.90. The predicted octanol–water partition coefficient (Wildman–Crippen LogP) is 3.02. The van der Waals surface area contributed by atoms with Crippen LogP contribution in [-0.4, -0.2) is 12.5 Å². The Hall–Kier alpha value is -2.23. The van der Waals surface area contributed by atoms with Crippen molar-refractivity contribution in [3.63, 3.8) is 0 Å². The molecular weight excluding hydrogens is 266 g/mol. The number of carbonyl (C=O) groups is 1. The first-order valence-electron chi connectivity index (χ1n) is 7.30. The van der Waals surface area contributed by atoms with Crippen LogP contribution in [0, 0.1) is 0 Å². The number of rotatable bonds is 5. The van der Waals surface area contributed by atoms with Crippen molar-refractivity contribution in [3.8, 4) is 5.75 Å². The second-order valence-corrected chi connectivity index (χ2v) is 5.38. The molecule has 1 aliphatic rings. The zero-order valence-electron chi connectivity index (χ0n) is 12.1. The molecule has 0 radical (unpaired) electrons. The molecule has 110 valence electrons. The van der Waals surface area contributed by atoms with Crippen molar-refractivity contribution in [3.05, 3.63) is 53.5 Å². The van der Waals surface area contributed by atoms with Crippen LogP contribution in [0.2, 0.25) is 0 Å². The number of aryl methyl sites for hydroxylation is 2. The van der Waals surface area contributed by atoms with Crippen molar-refractivity contribution in [2.24, 2.45) is 0 Å². The fourth-order valence-corrected chi connectivity index (χ4v) is 2.68. The third-order valence-electron chi connectivity index (χ3n) is 3.79. The molecule has 2 aromatic rings. The van der Waals surface area contributed by atoms with Crippen molar-refractivity contribution in [2.45, 2.75) is 32.2 Å². The Morgan fingerprint density at radius 2 is 2.19 bits per heavy atom. The molecule has 1 aromatic heterocycles. The van der Waals surface area contributed by atoms with Gasteiger partial charge in [0, 0.05) is 0 Å². The summed E-state index contributed by atoms with van der Waals surface area (Å²) in [7, 11) is 0. The average Bonchev–Trinajstić information content (AvgIpc) is 3.15. The number of carbonyl (C=O) groups excluding carboxylic acids is 1. The molecule has 4 nitrogen and oxygen atoms in total. The summed E-state index contributed by atoms with van der Waals surface area (Å²) in [5, 5.41) is 2.85. The lowest BCUT2D eigenvalue weighted by molar-refractivity contribution is -0.123. The Morgan fingerprint density at radius 1 is 1.33 bits per heavy atom. The van der Waals surface area contributed by atoms with E-state index in [1.807, 2.05) is 25.1 Å². The van der Waals surface area contributed by atoms with Gasteiger partial charge in [0.25, 0.3) is 5.91 Å². The minimum absolute atomic E-state index is 0.0177. The second kappa shape index (κ2) is 6.04. The molecular formula is C17H19NO3. The predicted molar refractivity (Wildman–Crippen MR) is 79.2 cm³/mol. The van der Waals surface area contributed by atoms with E-state index < -0.39 is 0 Å². The Kier molecular flexibility index (Phi) is 3.95. The van der Waals surface area contributed by atoms with Crippen molar-refractivity contribution in [2.75, 3.05) is 6.61 Å². The quantitative estimate of drug-likeness (QED) is 0.918. The summed E-state index contributed by atoms with van der Waals surface area (Å²) < 4.78 is 10.8. The molecule has 1 heterocycles. The van der Waals surface area contributed by atoms with Crippen LogP contribution in [0.5, 0.6) is 5.75 Å². The molecule has 3 rings (SSSR count). The van der Waals surface area contributed by atoms with Crippen molar-refractivity contribution >= 4 is 5.91 Å². The lowest BCUT2D eigenvalue weighted by atomic mass is 10.1. The highest BCUT2D eigenvalue weighted by Gasteiger charge is 2.14.